The van der Waals surface area contributed by atoms with E-state index in [1.54, 1.807) is 7.11 Å². The first-order valence-corrected chi connectivity index (χ1v) is 6.40. The minimum Gasteiger partial charge on any atom is -0.394 e. The maximum Gasteiger partial charge on any atom is 0.223 e. The molecular weight excluding hydrogens is 218 g/mol. The van der Waals surface area contributed by atoms with Gasteiger partial charge in [-0.1, -0.05) is 19.3 Å². The smallest absolute Gasteiger partial charge is 0.223 e. The van der Waals surface area contributed by atoms with E-state index in [1.807, 2.05) is 13.8 Å². The highest BCUT2D eigenvalue weighted by Crippen LogP contribution is 2.28. The van der Waals surface area contributed by atoms with Crippen LogP contribution in [0, 0.1) is 0 Å². The number of hydrogen-bond donors (Lipinski definition) is 2. The molecule has 0 aliphatic heterocycles. The molecular formula is C13H25NO3. The Hall–Kier alpha value is -0.610. The molecule has 17 heavy (non-hydrogen) atoms. The SMILES string of the molecule is COC(C)(C)CC(=O)NC1(CO)CCCCC1. The van der Waals surface area contributed by atoms with Gasteiger partial charge in [-0.05, 0) is 26.7 Å². The van der Waals surface area contributed by atoms with Gasteiger partial charge in [-0.3, -0.25) is 4.79 Å². The minimum atomic E-state index is -0.449. The van der Waals surface area contributed by atoms with Gasteiger partial charge in [0, 0.05) is 7.11 Å². The van der Waals surface area contributed by atoms with Crippen molar-refractivity contribution in [3.8, 4) is 0 Å². The predicted octanol–water partition coefficient (Wildman–Crippen LogP) is 1.61. The van der Waals surface area contributed by atoms with E-state index < -0.39 is 5.60 Å². The van der Waals surface area contributed by atoms with Gasteiger partial charge in [-0.2, -0.15) is 0 Å². The third-order valence-corrected chi connectivity index (χ3v) is 3.66. The van der Waals surface area contributed by atoms with Crippen LogP contribution in [0.25, 0.3) is 0 Å². The highest BCUT2D eigenvalue weighted by atomic mass is 16.5. The van der Waals surface area contributed by atoms with Crippen LogP contribution in [-0.4, -0.2) is 35.9 Å². The molecule has 1 amide bonds. The Morgan fingerprint density at radius 1 is 1.35 bits per heavy atom. The normalized spacial score (nSPS) is 20.0. The van der Waals surface area contributed by atoms with E-state index in [0.717, 1.165) is 25.7 Å². The number of methoxy groups -OCH3 is 1. The molecule has 0 aromatic rings. The molecule has 1 saturated carbocycles. The Morgan fingerprint density at radius 2 is 1.94 bits per heavy atom. The van der Waals surface area contributed by atoms with E-state index >= 15 is 0 Å². The third-order valence-electron chi connectivity index (χ3n) is 3.66. The Bertz CT molecular complexity index is 257. The molecule has 0 atom stereocenters. The maximum absolute atomic E-state index is 11.9. The monoisotopic (exact) mass is 243 g/mol. The van der Waals surface area contributed by atoms with Crippen molar-refractivity contribution in [3.63, 3.8) is 0 Å². The van der Waals surface area contributed by atoms with E-state index in [2.05, 4.69) is 5.32 Å². The summed E-state index contributed by atoms with van der Waals surface area (Å²) >= 11 is 0. The van der Waals surface area contributed by atoms with Gasteiger partial charge in [-0.25, -0.2) is 0 Å². The number of ether oxygens (including phenoxy) is 1. The summed E-state index contributed by atoms with van der Waals surface area (Å²) in [6, 6.07) is 0. The van der Waals surface area contributed by atoms with E-state index in [4.69, 9.17) is 4.74 Å². The van der Waals surface area contributed by atoms with Crippen LogP contribution in [0.1, 0.15) is 52.4 Å². The van der Waals surface area contributed by atoms with E-state index in [0.29, 0.717) is 6.42 Å². The molecule has 1 aliphatic rings. The van der Waals surface area contributed by atoms with Gasteiger partial charge in [0.2, 0.25) is 5.91 Å². The minimum absolute atomic E-state index is 0.0339. The van der Waals surface area contributed by atoms with Crippen molar-refractivity contribution in [2.24, 2.45) is 0 Å². The fraction of sp³-hybridized carbons (Fsp3) is 0.923. The van der Waals surface area contributed by atoms with Crippen molar-refractivity contribution in [3.05, 3.63) is 0 Å². The molecule has 0 aromatic heterocycles. The number of aliphatic hydroxyl groups excluding tert-OH is 1. The zero-order valence-corrected chi connectivity index (χ0v) is 11.2. The Balaban J connectivity index is 2.53. The topological polar surface area (TPSA) is 58.6 Å². The Labute approximate surface area is 104 Å². The van der Waals surface area contributed by atoms with Crippen LogP contribution in [0.3, 0.4) is 0 Å². The second kappa shape index (κ2) is 5.83. The van der Waals surface area contributed by atoms with Crippen LogP contribution in [-0.2, 0) is 9.53 Å². The molecule has 0 saturated heterocycles. The van der Waals surface area contributed by atoms with Crippen LogP contribution < -0.4 is 5.32 Å². The summed E-state index contributed by atoms with van der Waals surface area (Å²) in [5.41, 5.74) is -0.839. The van der Waals surface area contributed by atoms with Crippen molar-refractivity contribution in [1.29, 1.82) is 0 Å². The fourth-order valence-corrected chi connectivity index (χ4v) is 2.35. The standard InChI is InChI=1S/C13H25NO3/c1-12(2,17-3)9-11(16)14-13(10-15)7-5-4-6-8-13/h15H,4-10H2,1-3H3,(H,14,16). The Kier molecular flexibility index (Phi) is 4.95. The van der Waals surface area contributed by atoms with Crippen LogP contribution >= 0.6 is 0 Å². The number of aliphatic hydroxyl groups is 1. The van der Waals surface area contributed by atoms with Crippen molar-refractivity contribution >= 4 is 5.91 Å². The van der Waals surface area contributed by atoms with Gasteiger partial charge in [0.15, 0.2) is 0 Å². The number of carbonyl (C=O) groups is 1. The summed E-state index contributed by atoms with van der Waals surface area (Å²) in [4.78, 5) is 11.9. The summed E-state index contributed by atoms with van der Waals surface area (Å²) < 4.78 is 5.24. The van der Waals surface area contributed by atoms with Crippen molar-refractivity contribution < 1.29 is 14.6 Å². The highest BCUT2D eigenvalue weighted by molar-refractivity contribution is 5.77. The molecule has 4 heteroatoms. The van der Waals surface area contributed by atoms with Gasteiger partial charge in [0.05, 0.1) is 24.2 Å². The number of nitrogens with one attached hydrogen (secondary N) is 1. The van der Waals surface area contributed by atoms with Crippen molar-refractivity contribution in [2.75, 3.05) is 13.7 Å². The van der Waals surface area contributed by atoms with Gasteiger partial charge in [-0.15, -0.1) is 0 Å². The number of hydrogen-bond acceptors (Lipinski definition) is 3. The fourth-order valence-electron chi connectivity index (χ4n) is 2.35. The average molecular weight is 243 g/mol. The van der Waals surface area contributed by atoms with Crippen LogP contribution in [0.2, 0.25) is 0 Å². The quantitative estimate of drug-likeness (QED) is 0.771. The zero-order valence-electron chi connectivity index (χ0n) is 11.2. The summed E-state index contributed by atoms with van der Waals surface area (Å²) in [7, 11) is 1.61. The average Bonchev–Trinajstić information content (AvgIpc) is 2.29. The number of amides is 1. The largest absolute Gasteiger partial charge is 0.394 e. The number of rotatable bonds is 5. The molecule has 1 fully saturated rings. The molecule has 0 unspecified atom stereocenters. The van der Waals surface area contributed by atoms with Crippen LogP contribution in [0.15, 0.2) is 0 Å². The van der Waals surface area contributed by atoms with Gasteiger partial charge < -0.3 is 15.2 Å². The van der Waals surface area contributed by atoms with Crippen molar-refractivity contribution in [1.82, 2.24) is 5.32 Å². The van der Waals surface area contributed by atoms with Gasteiger partial charge in [0.1, 0.15) is 0 Å². The number of carbonyl (C=O) groups excluding carboxylic acids is 1. The lowest BCUT2D eigenvalue weighted by atomic mass is 9.82. The molecule has 0 heterocycles. The predicted molar refractivity (Wildman–Crippen MR) is 66.7 cm³/mol. The van der Waals surface area contributed by atoms with Gasteiger partial charge >= 0.3 is 0 Å². The summed E-state index contributed by atoms with van der Waals surface area (Å²) in [5.74, 6) is -0.0344. The first-order valence-electron chi connectivity index (χ1n) is 6.40. The molecule has 0 radical (unpaired) electrons. The lowest BCUT2D eigenvalue weighted by Crippen LogP contribution is -2.53. The highest BCUT2D eigenvalue weighted by Gasteiger charge is 2.34. The molecule has 4 nitrogen and oxygen atoms in total. The second-order valence-electron chi connectivity index (χ2n) is 5.69. The van der Waals surface area contributed by atoms with E-state index in [9.17, 15) is 9.90 Å². The second-order valence-corrected chi connectivity index (χ2v) is 5.69. The molecule has 0 spiro atoms. The van der Waals surface area contributed by atoms with Crippen LogP contribution in [0.5, 0.6) is 0 Å². The van der Waals surface area contributed by atoms with Crippen molar-refractivity contribution in [2.45, 2.75) is 63.5 Å². The molecule has 0 aromatic carbocycles. The summed E-state index contributed by atoms with van der Waals surface area (Å²) in [6.45, 7) is 3.81. The Morgan fingerprint density at radius 3 is 2.41 bits per heavy atom. The molecule has 0 bridgehead atoms. The maximum atomic E-state index is 11.9. The molecule has 1 rings (SSSR count). The van der Waals surface area contributed by atoms with Gasteiger partial charge in [0.25, 0.3) is 0 Å². The van der Waals surface area contributed by atoms with E-state index in [1.165, 1.54) is 6.42 Å². The molecule has 1 aliphatic carbocycles. The summed E-state index contributed by atoms with van der Waals surface area (Å²) in [5, 5.41) is 12.5. The summed E-state index contributed by atoms with van der Waals surface area (Å²) in [6.07, 6.45) is 5.43. The zero-order chi connectivity index (χ0) is 12.9. The first kappa shape index (κ1) is 14.5. The lowest BCUT2D eigenvalue weighted by Gasteiger charge is -2.37. The lowest BCUT2D eigenvalue weighted by molar-refractivity contribution is -0.129. The molecule has 100 valence electrons. The van der Waals surface area contributed by atoms with E-state index in [-0.39, 0.29) is 18.1 Å². The molecule has 2 N–H and O–H groups in total. The van der Waals surface area contributed by atoms with Crippen LogP contribution in [0.4, 0.5) is 0 Å². The first-order chi connectivity index (χ1) is 7.93. The third kappa shape index (κ3) is 4.28.